The fourth-order valence-electron chi connectivity index (χ4n) is 1.05. The summed E-state index contributed by atoms with van der Waals surface area (Å²) in [5.74, 6) is 0. The molecule has 0 N–H and O–H groups in total. The standard InChI is InChI=1S/C8H9BrCl2Si/c1-4-3-6(12-9)5(2)8(11)7(4)10/h3H,12H2,1-2H3. The first-order chi connectivity index (χ1) is 5.57. The molecule has 1 aromatic carbocycles. The maximum atomic E-state index is 6.04. The summed E-state index contributed by atoms with van der Waals surface area (Å²) in [5, 5.41) is 2.73. The van der Waals surface area contributed by atoms with Crippen molar-refractivity contribution >= 4 is 51.8 Å². The van der Waals surface area contributed by atoms with E-state index in [9.17, 15) is 0 Å². The van der Waals surface area contributed by atoms with E-state index in [1.807, 2.05) is 13.8 Å². The lowest BCUT2D eigenvalue weighted by atomic mass is 10.2. The third-order valence-electron chi connectivity index (χ3n) is 1.88. The summed E-state index contributed by atoms with van der Waals surface area (Å²) in [7, 11) is -0.327. The van der Waals surface area contributed by atoms with E-state index in [2.05, 4.69) is 21.4 Å². The van der Waals surface area contributed by atoms with E-state index >= 15 is 0 Å². The van der Waals surface area contributed by atoms with Crippen molar-refractivity contribution < 1.29 is 0 Å². The van der Waals surface area contributed by atoms with Gasteiger partial charge < -0.3 is 0 Å². The molecule has 12 heavy (non-hydrogen) atoms. The molecule has 0 nitrogen and oxygen atoms in total. The minimum absolute atomic E-state index is 0.327. The second kappa shape index (κ2) is 4.14. The van der Waals surface area contributed by atoms with Gasteiger partial charge in [0, 0.05) is 0 Å². The van der Waals surface area contributed by atoms with Crippen LogP contribution in [0, 0.1) is 13.8 Å². The molecule has 0 spiro atoms. The van der Waals surface area contributed by atoms with Gasteiger partial charge in [0.15, 0.2) is 0 Å². The van der Waals surface area contributed by atoms with Crippen LogP contribution in [0.5, 0.6) is 0 Å². The summed E-state index contributed by atoms with van der Waals surface area (Å²) in [6.07, 6.45) is 0. The van der Waals surface area contributed by atoms with Crippen LogP contribution in [-0.4, -0.2) is 8.14 Å². The molecule has 0 saturated carbocycles. The molecular weight excluding hydrogens is 275 g/mol. The number of hydrogen-bond donors (Lipinski definition) is 0. The highest BCUT2D eigenvalue weighted by Gasteiger charge is 2.08. The van der Waals surface area contributed by atoms with Crippen molar-refractivity contribution in [2.75, 3.05) is 0 Å². The minimum atomic E-state index is -0.327. The van der Waals surface area contributed by atoms with Crippen LogP contribution < -0.4 is 5.19 Å². The Kier molecular flexibility index (Phi) is 3.65. The van der Waals surface area contributed by atoms with E-state index in [1.54, 1.807) is 0 Å². The van der Waals surface area contributed by atoms with E-state index < -0.39 is 0 Å². The molecule has 0 fully saturated rings. The third kappa shape index (κ3) is 1.87. The summed E-state index contributed by atoms with van der Waals surface area (Å²) in [4.78, 5) is 0. The maximum Gasteiger partial charge on any atom is 0.130 e. The van der Waals surface area contributed by atoms with Crippen LogP contribution in [0.15, 0.2) is 6.07 Å². The fraction of sp³-hybridized carbons (Fsp3) is 0.250. The Morgan fingerprint density at radius 1 is 1.25 bits per heavy atom. The monoisotopic (exact) mass is 282 g/mol. The highest BCUT2D eigenvalue weighted by Crippen LogP contribution is 2.27. The van der Waals surface area contributed by atoms with Gasteiger partial charge in [-0.2, -0.15) is 0 Å². The SMILES string of the molecule is Cc1cc([SiH2]Br)c(C)c(Cl)c1Cl. The maximum absolute atomic E-state index is 6.04. The second-order valence-corrected chi connectivity index (χ2v) is 6.21. The van der Waals surface area contributed by atoms with Crippen molar-refractivity contribution in [2.45, 2.75) is 13.8 Å². The van der Waals surface area contributed by atoms with Crippen LogP contribution in [0.1, 0.15) is 11.1 Å². The molecule has 0 aromatic heterocycles. The van der Waals surface area contributed by atoms with E-state index in [0.29, 0.717) is 10.0 Å². The first kappa shape index (κ1) is 10.6. The molecule has 1 aromatic rings. The van der Waals surface area contributed by atoms with Crippen LogP contribution in [0.4, 0.5) is 0 Å². The van der Waals surface area contributed by atoms with Gasteiger partial charge in [-0.15, -0.1) is 15.3 Å². The first-order valence-electron chi connectivity index (χ1n) is 3.58. The predicted octanol–water partition coefficient (Wildman–Crippen LogP) is 2.71. The highest BCUT2D eigenvalue weighted by molar-refractivity contribution is 9.23. The van der Waals surface area contributed by atoms with Gasteiger partial charge in [0.2, 0.25) is 0 Å². The van der Waals surface area contributed by atoms with Crippen molar-refractivity contribution in [3.8, 4) is 0 Å². The number of hydrogen-bond acceptors (Lipinski definition) is 0. The molecule has 0 aliphatic heterocycles. The van der Waals surface area contributed by atoms with E-state index in [4.69, 9.17) is 23.2 Å². The molecule has 0 bridgehead atoms. The normalized spacial score (nSPS) is 11.4. The number of aryl methyl sites for hydroxylation is 1. The molecule has 0 saturated heterocycles. The quantitative estimate of drug-likeness (QED) is 0.549. The number of halogens is 3. The molecular formula is C8H9BrCl2Si. The van der Waals surface area contributed by atoms with Gasteiger partial charge in [-0.25, -0.2) is 0 Å². The fourth-order valence-corrected chi connectivity index (χ4v) is 4.14. The summed E-state index contributed by atoms with van der Waals surface area (Å²) in [6.45, 7) is 3.99. The molecule has 0 heterocycles. The Labute approximate surface area is 92.7 Å². The second-order valence-electron chi connectivity index (χ2n) is 2.74. The van der Waals surface area contributed by atoms with Crippen LogP contribution in [-0.2, 0) is 0 Å². The summed E-state index contributed by atoms with van der Waals surface area (Å²) >= 11 is 15.6. The van der Waals surface area contributed by atoms with Gasteiger partial charge in [-0.1, -0.05) is 29.3 Å². The molecule has 1 rings (SSSR count). The van der Waals surface area contributed by atoms with Gasteiger partial charge >= 0.3 is 0 Å². The average Bonchev–Trinajstić information content (AvgIpc) is 2.08. The van der Waals surface area contributed by atoms with Gasteiger partial charge in [-0.3, -0.25) is 0 Å². The van der Waals surface area contributed by atoms with Crippen molar-refractivity contribution in [2.24, 2.45) is 0 Å². The van der Waals surface area contributed by atoms with E-state index in [0.717, 1.165) is 11.1 Å². The summed E-state index contributed by atoms with van der Waals surface area (Å²) in [6, 6.07) is 2.12. The molecule has 0 aliphatic carbocycles. The van der Waals surface area contributed by atoms with Crippen molar-refractivity contribution in [3.63, 3.8) is 0 Å². The van der Waals surface area contributed by atoms with Crippen molar-refractivity contribution in [3.05, 3.63) is 27.2 Å². The number of rotatable bonds is 1. The lowest BCUT2D eigenvalue weighted by molar-refractivity contribution is 1.43. The largest absolute Gasteiger partial charge is 0.130 e. The Morgan fingerprint density at radius 3 is 2.33 bits per heavy atom. The van der Waals surface area contributed by atoms with Crippen LogP contribution >= 0.6 is 38.5 Å². The van der Waals surface area contributed by atoms with Gasteiger partial charge in [0.1, 0.15) is 8.14 Å². The Morgan fingerprint density at radius 2 is 1.83 bits per heavy atom. The zero-order chi connectivity index (χ0) is 9.30. The van der Waals surface area contributed by atoms with Gasteiger partial charge in [0.05, 0.1) is 10.0 Å². The Balaban J connectivity index is 3.39. The third-order valence-corrected chi connectivity index (χ3v) is 5.78. The molecule has 66 valence electrons. The van der Waals surface area contributed by atoms with E-state index in [1.165, 1.54) is 5.19 Å². The Bertz CT molecular complexity index is 312. The van der Waals surface area contributed by atoms with Crippen LogP contribution in [0.3, 0.4) is 0 Å². The van der Waals surface area contributed by atoms with Crippen LogP contribution in [0.2, 0.25) is 10.0 Å². The lowest BCUT2D eigenvalue weighted by Gasteiger charge is -2.08. The lowest BCUT2D eigenvalue weighted by Crippen LogP contribution is -2.13. The molecule has 4 heteroatoms. The Hall–Kier alpha value is 0.497. The molecule has 0 aliphatic rings. The number of benzene rings is 1. The summed E-state index contributed by atoms with van der Waals surface area (Å²) < 4.78 is 0. The minimum Gasteiger partial charge on any atom is -0.129 e. The zero-order valence-corrected chi connectivity index (χ0v) is 11.4. The van der Waals surface area contributed by atoms with Crippen molar-refractivity contribution in [1.82, 2.24) is 0 Å². The highest BCUT2D eigenvalue weighted by atomic mass is 79.9. The molecule has 0 atom stereocenters. The zero-order valence-electron chi connectivity index (χ0n) is 6.92. The predicted molar refractivity (Wildman–Crippen MR) is 63.0 cm³/mol. The topological polar surface area (TPSA) is 0 Å². The average molecular weight is 284 g/mol. The smallest absolute Gasteiger partial charge is 0.129 e. The van der Waals surface area contributed by atoms with E-state index in [-0.39, 0.29) is 8.14 Å². The van der Waals surface area contributed by atoms with Crippen molar-refractivity contribution in [1.29, 1.82) is 0 Å². The van der Waals surface area contributed by atoms with Crippen LogP contribution in [0.25, 0.3) is 0 Å². The van der Waals surface area contributed by atoms with Gasteiger partial charge in [0.25, 0.3) is 0 Å². The van der Waals surface area contributed by atoms with Gasteiger partial charge in [-0.05, 0) is 30.2 Å². The molecule has 0 unspecified atom stereocenters. The summed E-state index contributed by atoms with van der Waals surface area (Å²) in [5.41, 5.74) is 2.19. The molecule has 0 amide bonds. The molecule has 0 radical (unpaired) electrons. The first-order valence-corrected chi connectivity index (χ1v) is 8.94.